The average Bonchev–Trinajstić information content (AvgIpc) is 3.31. The van der Waals surface area contributed by atoms with Gasteiger partial charge < -0.3 is 19.5 Å². The van der Waals surface area contributed by atoms with Crippen molar-refractivity contribution < 1.29 is 19.4 Å². The van der Waals surface area contributed by atoms with Gasteiger partial charge >= 0.3 is 0 Å². The Morgan fingerprint density at radius 3 is 2.59 bits per heavy atom. The molecule has 2 heterocycles. The van der Waals surface area contributed by atoms with Gasteiger partial charge in [0.1, 0.15) is 22.9 Å². The van der Waals surface area contributed by atoms with Crippen LogP contribution in [-0.4, -0.2) is 52.0 Å². The van der Waals surface area contributed by atoms with Crippen molar-refractivity contribution in [1.82, 2.24) is 15.1 Å². The number of H-pyrrole nitrogens is 1. The summed E-state index contributed by atoms with van der Waals surface area (Å²) in [5.74, 6) is 0.812. The SMILES string of the molecule is CCOc1ccc([C@@H]2c3c(-c4ccccc4O)n[nH]c3C(=O)N2CCCOC(C)C)cc1. The van der Waals surface area contributed by atoms with E-state index in [1.165, 1.54) is 0 Å². The van der Waals surface area contributed by atoms with E-state index in [1.54, 1.807) is 12.1 Å². The van der Waals surface area contributed by atoms with Gasteiger partial charge in [0.2, 0.25) is 0 Å². The number of fused-ring (bicyclic) bond motifs is 1. The first-order chi connectivity index (χ1) is 15.5. The lowest BCUT2D eigenvalue weighted by atomic mass is 9.95. The number of para-hydroxylation sites is 1. The molecule has 0 saturated carbocycles. The molecule has 1 atom stereocenters. The van der Waals surface area contributed by atoms with E-state index < -0.39 is 0 Å². The number of nitrogens with one attached hydrogen (secondary N) is 1. The van der Waals surface area contributed by atoms with Gasteiger partial charge in [0.25, 0.3) is 5.91 Å². The molecule has 32 heavy (non-hydrogen) atoms. The number of carbonyl (C=O) groups is 1. The number of rotatable bonds is 9. The lowest BCUT2D eigenvalue weighted by Crippen LogP contribution is -2.31. The van der Waals surface area contributed by atoms with E-state index in [9.17, 15) is 9.90 Å². The van der Waals surface area contributed by atoms with Crippen LogP contribution in [0.1, 0.15) is 54.8 Å². The number of aromatic amines is 1. The van der Waals surface area contributed by atoms with E-state index >= 15 is 0 Å². The molecule has 7 heteroatoms. The second kappa shape index (κ2) is 9.44. The first-order valence-corrected chi connectivity index (χ1v) is 11.0. The number of carbonyl (C=O) groups excluding carboxylic acids is 1. The number of nitrogens with zero attached hydrogens (tertiary/aromatic N) is 2. The largest absolute Gasteiger partial charge is 0.507 e. The fourth-order valence-corrected chi connectivity index (χ4v) is 4.12. The maximum absolute atomic E-state index is 13.3. The summed E-state index contributed by atoms with van der Waals surface area (Å²) in [6.07, 6.45) is 0.872. The standard InChI is InChI=1S/C25H29N3O4/c1-4-31-18-12-10-17(11-13-18)24-21-22(19-8-5-6-9-20(19)29)26-27-23(21)25(30)28(24)14-7-15-32-16(2)3/h5-6,8-13,16,24,29H,4,7,14-15H2,1-3H3,(H,26,27)/t24-/m1/s1. The number of benzene rings is 2. The van der Waals surface area contributed by atoms with Gasteiger partial charge in [-0.05, 0) is 57.0 Å². The van der Waals surface area contributed by atoms with Gasteiger partial charge in [-0.2, -0.15) is 5.10 Å². The third-order valence-electron chi connectivity index (χ3n) is 5.52. The number of hydrogen-bond donors (Lipinski definition) is 2. The van der Waals surface area contributed by atoms with Crippen LogP contribution in [0.5, 0.6) is 11.5 Å². The molecular formula is C25H29N3O4. The summed E-state index contributed by atoms with van der Waals surface area (Å²) in [6.45, 7) is 7.66. The normalized spacial score (nSPS) is 15.4. The zero-order valence-electron chi connectivity index (χ0n) is 18.7. The fourth-order valence-electron chi connectivity index (χ4n) is 4.12. The molecule has 0 fully saturated rings. The molecule has 0 unspecified atom stereocenters. The molecule has 0 bridgehead atoms. The summed E-state index contributed by atoms with van der Waals surface area (Å²) in [6, 6.07) is 14.5. The van der Waals surface area contributed by atoms with Crippen LogP contribution in [0.15, 0.2) is 48.5 Å². The smallest absolute Gasteiger partial charge is 0.273 e. The van der Waals surface area contributed by atoms with Crippen molar-refractivity contribution in [1.29, 1.82) is 0 Å². The highest BCUT2D eigenvalue weighted by atomic mass is 16.5. The van der Waals surface area contributed by atoms with Crippen LogP contribution in [0.25, 0.3) is 11.3 Å². The summed E-state index contributed by atoms with van der Waals surface area (Å²) in [4.78, 5) is 15.2. The highest BCUT2D eigenvalue weighted by Crippen LogP contribution is 2.44. The Morgan fingerprint density at radius 1 is 1.16 bits per heavy atom. The lowest BCUT2D eigenvalue weighted by Gasteiger charge is -2.26. The van der Waals surface area contributed by atoms with Gasteiger partial charge in [0.05, 0.1) is 18.8 Å². The highest BCUT2D eigenvalue weighted by molar-refractivity contribution is 6.00. The van der Waals surface area contributed by atoms with E-state index in [4.69, 9.17) is 9.47 Å². The van der Waals surface area contributed by atoms with E-state index in [0.29, 0.717) is 36.7 Å². The van der Waals surface area contributed by atoms with E-state index in [-0.39, 0.29) is 23.8 Å². The van der Waals surface area contributed by atoms with Crippen LogP contribution in [0.4, 0.5) is 0 Å². The molecule has 0 spiro atoms. The van der Waals surface area contributed by atoms with Gasteiger partial charge in [0.15, 0.2) is 0 Å². The summed E-state index contributed by atoms with van der Waals surface area (Å²) in [5, 5.41) is 17.8. The number of hydrogen-bond acceptors (Lipinski definition) is 5. The van der Waals surface area contributed by atoms with Crippen LogP contribution in [0.3, 0.4) is 0 Å². The maximum atomic E-state index is 13.3. The minimum atomic E-state index is -0.319. The van der Waals surface area contributed by atoms with Gasteiger partial charge in [-0.15, -0.1) is 0 Å². The molecule has 3 aromatic rings. The Labute approximate surface area is 188 Å². The molecule has 0 aliphatic carbocycles. The average molecular weight is 436 g/mol. The van der Waals surface area contributed by atoms with E-state index in [1.807, 2.05) is 62.1 Å². The topological polar surface area (TPSA) is 87.7 Å². The Bertz CT molecular complexity index is 1080. The fraction of sp³-hybridized carbons (Fsp3) is 0.360. The van der Waals surface area contributed by atoms with Crippen LogP contribution in [0.2, 0.25) is 0 Å². The second-order valence-electron chi connectivity index (χ2n) is 8.05. The first-order valence-electron chi connectivity index (χ1n) is 11.0. The van der Waals surface area contributed by atoms with Crippen LogP contribution < -0.4 is 4.74 Å². The predicted molar refractivity (Wildman–Crippen MR) is 122 cm³/mol. The quantitative estimate of drug-likeness (QED) is 0.482. The molecule has 0 saturated heterocycles. The molecular weight excluding hydrogens is 406 g/mol. The van der Waals surface area contributed by atoms with Crippen LogP contribution in [-0.2, 0) is 4.74 Å². The summed E-state index contributed by atoms with van der Waals surface area (Å²) in [5.41, 5.74) is 3.39. The van der Waals surface area contributed by atoms with Crippen molar-refractivity contribution in [3.63, 3.8) is 0 Å². The Hall–Kier alpha value is -3.32. The second-order valence-corrected chi connectivity index (χ2v) is 8.05. The first kappa shape index (κ1) is 21.9. The summed E-state index contributed by atoms with van der Waals surface area (Å²) < 4.78 is 11.3. The minimum absolute atomic E-state index is 0.0994. The van der Waals surface area contributed by atoms with E-state index in [2.05, 4.69) is 10.2 Å². The van der Waals surface area contributed by atoms with Crippen molar-refractivity contribution in [2.24, 2.45) is 0 Å². The predicted octanol–water partition coefficient (Wildman–Crippen LogP) is 4.54. The third-order valence-corrected chi connectivity index (χ3v) is 5.52. The van der Waals surface area contributed by atoms with Crippen molar-refractivity contribution in [3.05, 3.63) is 65.4 Å². The molecule has 0 radical (unpaired) electrons. The molecule has 7 nitrogen and oxygen atoms in total. The number of amides is 1. The molecule has 1 amide bonds. The monoisotopic (exact) mass is 435 g/mol. The van der Waals surface area contributed by atoms with E-state index in [0.717, 1.165) is 23.3 Å². The molecule has 168 valence electrons. The molecule has 1 aliphatic rings. The zero-order chi connectivity index (χ0) is 22.7. The number of aromatic hydroxyl groups is 1. The van der Waals surface area contributed by atoms with Crippen molar-refractivity contribution >= 4 is 5.91 Å². The highest BCUT2D eigenvalue weighted by Gasteiger charge is 2.42. The van der Waals surface area contributed by atoms with Crippen molar-refractivity contribution in [2.45, 2.75) is 39.3 Å². The van der Waals surface area contributed by atoms with Gasteiger partial charge in [0, 0.05) is 24.3 Å². The summed E-state index contributed by atoms with van der Waals surface area (Å²) in [7, 11) is 0. The number of aromatic nitrogens is 2. The molecule has 2 aromatic carbocycles. The number of phenols is 1. The molecule has 2 N–H and O–H groups in total. The van der Waals surface area contributed by atoms with Crippen molar-refractivity contribution in [2.75, 3.05) is 19.8 Å². The third kappa shape index (κ3) is 4.21. The Kier molecular flexibility index (Phi) is 6.46. The van der Waals surface area contributed by atoms with Crippen LogP contribution in [0, 0.1) is 0 Å². The van der Waals surface area contributed by atoms with Gasteiger partial charge in [-0.1, -0.05) is 24.3 Å². The lowest BCUT2D eigenvalue weighted by molar-refractivity contribution is 0.0601. The van der Waals surface area contributed by atoms with Crippen LogP contribution >= 0.6 is 0 Å². The number of phenolic OH excluding ortho intramolecular Hbond substituents is 1. The molecule has 4 rings (SSSR count). The van der Waals surface area contributed by atoms with Crippen molar-refractivity contribution in [3.8, 4) is 22.8 Å². The van der Waals surface area contributed by atoms with Gasteiger partial charge in [-0.3, -0.25) is 9.89 Å². The maximum Gasteiger partial charge on any atom is 0.273 e. The number of ether oxygens (including phenoxy) is 2. The van der Waals surface area contributed by atoms with Gasteiger partial charge in [-0.25, -0.2) is 0 Å². The molecule has 1 aromatic heterocycles. The Balaban J connectivity index is 1.73. The summed E-state index contributed by atoms with van der Waals surface area (Å²) >= 11 is 0. The zero-order valence-corrected chi connectivity index (χ0v) is 18.7. The molecule has 1 aliphatic heterocycles. The Morgan fingerprint density at radius 2 is 1.91 bits per heavy atom. The minimum Gasteiger partial charge on any atom is -0.507 e.